The maximum absolute atomic E-state index is 13.5. The third-order valence-corrected chi connectivity index (χ3v) is 5.47. The molecular formula is C23H21F2N3O2. The molecule has 0 bridgehead atoms. The first-order chi connectivity index (χ1) is 14.4. The lowest BCUT2D eigenvalue weighted by Crippen LogP contribution is -2.26. The van der Waals surface area contributed by atoms with Gasteiger partial charge in [-0.2, -0.15) is 0 Å². The van der Waals surface area contributed by atoms with Crippen LogP contribution in [0, 0.1) is 31.4 Å². The van der Waals surface area contributed by atoms with E-state index < -0.39 is 17.0 Å². The summed E-state index contributed by atoms with van der Waals surface area (Å²) in [5, 5.41) is 2.69. The number of carbonyl (C=O) groups excluding carboxylic acids is 1. The molecular weight excluding hydrogens is 388 g/mol. The van der Waals surface area contributed by atoms with Gasteiger partial charge in [0, 0.05) is 17.2 Å². The van der Waals surface area contributed by atoms with Crippen molar-refractivity contribution in [2.24, 2.45) is 5.92 Å². The molecule has 7 heteroatoms. The molecule has 0 spiro atoms. The molecule has 2 aromatic carbocycles. The lowest BCUT2D eigenvalue weighted by atomic mass is 9.93. The van der Waals surface area contributed by atoms with Crippen LogP contribution in [0.15, 0.2) is 54.7 Å². The Morgan fingerprint density at radius 3 is 2.63 bits per heavy atom. The van der Waals surface area contributed by atoms with Gasteiger partial charge in [0.25, 0.3) is 0 Å². The smallest absolute Gasteiger partial charge is 0.228 e. The second kappa shape index (κ2) is 7.82. The van der Waals surface area contributed by atoms with E-state index in [9.17, 15) is 13.6 Å². The summed E-state index contributed by atoms with van der Waals surface area (Å²) in [5.74, 6) is -1.35. The highest BCUT2D eigenvalue weighted by Gasteiger charge is 2.60. The van der Waals surface area contributed by atoms with Crippen molar-refractivity contribution in [3.63, 3.8) is 0 Å². The number of anilines is 1. The monoisotopic (exact) mass is 409 g/mol. The first kappa shape index (κ1) is 19.9. The average Bonchev–Trinajstić information content (AvgIpc) is 3.47. The number of hydrogen-bond donors (Lipinski definition) is 1. The predicted molar refractivity (Wildman–Crippen MR) is 108 cm³/mol. The highest BCUT2D eigenvalue weighted by Crippen LogP contribution is 2.55. The number of nitrogens with zero attached hydrogens (tertiary/aromatic N) is 2. The normalized spacial score (nSPS) is 19.9. The van der Waals surface area contributed by atoms with Gasteiger partial charge in [0.05, 0.1) is 24.4 Å². The van der Waals surface area contributed by atoms with Crippen LogP contribution in [-0.4, -0.2) is 22.5 Å². The number of hydrogen-bond acceptors (Lipinski definition) is 4. The van der Waals surface area contributed by atoms with Crippen molar-refractivity contribution in [3.05, 3.63) is 83.4 Å². The molecule has 1 amide bonds. The summed E-state index contributed by atoms with van der Waals surface area (Å²) in [4.78, 5) is 21.4. The lowest BCUT2D eigenvalue weighted by Gasteiger charge is -2.19. The molecule has 1 saturated carbocycles. The van der Waals surface area contributed by atoms with Crippen molar-refractivity contribution in [2.75, 3.05) is 11.9 Å². The van der Waals surface area contributed by atoms with E-state index in [1.807, 2.05) is 44.2 Å². The Morgan fingerprint density at radius 1 is 1.17 bits per heavy atom. The van der Waals surface area contributed by atoms with E-state index >= 15 is 0 Å². The Bertz CT molecular complexity index is 1090. The first-order valence-electron chi connectivity index (χ1n) is 9.63. The Hall–Kier alpha value is -3.35. The van der Waals surface area contributed by atoms with Crippen molar-refractivity contribution >= 4 is 11.6 Å². The molecule has 1 fully saturated rings. The van der Waals surface area contributed by atoms with E-state index in [4.69, 9.17) is 4.74 Å². The van der Waals surface area contributed by atoms with E-state index in [0.717, 1.165) is 23.4 Å². The van der Waals surface area contributed by atoms with E-state index in [2.05, 4.69) is 15.3 Å². The Labute approximate surface area is 173 Å². The van der Waals surface area contributed by atoms with Gasteiger partial charge in [0.2, 0.25) is 5.91 Å². The highest BCUT2D eigenvalue weighted by atomic mass is 19.2. The minimum absolute atomic E-state index is 0.219. The van der Waals surface area contributed by atoms with E-state index in [-0.39, 0.29) is 24.1 Å². The lowest BCUT2D eigenvalue weighted by molar-refractivity contribution is -0.117. The van der Waals surface area contributed by atoms with Crippen LogP contribution in [0.4, 0.5) is 14.5 Å². The molecule has 5 nitrogen and oxygen atoms in total. The predicted octanol–water partition coefficient (Wildman–Crippen LogP) is 4.35. The molecule has 4 rings (SSSR count). The van der Waals surface area contributed by atoms with E-state index in [1.165, 1.54) is 6.07 Å². The maximum Gasteiger partial charge on any atom is 0.228 e. The van der Waals surface area contributed by atoms with Crippen LogP contribution in [0.5, 0.6) is 5.75 Å². The molecule has 3 aromatic rings. The number of benzene rings is 2. The molecule has 1 heterocycles. The second-order valence-electron chi connectivity index (χ2n) is 7.55. The third-order valence-electron chi connectivity index (χ3n) is 5.47. The molecule has 154 valence electrons. The van der Waals surface area contributed by atoms with E-state index in [1.54, 1.807) is 6.20 Å². The second-order valence-corrected chi connectivity index (χ2v) is 7.55. The minimum atomic E-state index is -1.00. The van der Waals surface area contributed by atoms with Crippen LogP contribution in [0.3, 0.4) is 0 Å². The molecule has 1 aliphatic rings. The van der Waals surface area contributed by atoms with Gasteiger partial charge in [-0.3, -0.25) is 4.79 Å². The largest absolute Gasteiger partial charge is 0.489 e. The van der Waals surface area contributed by atoms with Gasteiger partial charge in [-0.05, 0) is 38.0 Å². The number of aromatic nitrogens is 2. The number of rotatable bonds is 6. The quantitative estimate of drug-likeness (QED) is 0.658. The molecule has 0 aliphatic heterocycles. The van der Waals surface area contributed by atoms with Crippen molar-refractivity contribution in [3.8, 4) is 5.75 Å². The number of amides is 1. The maximum atomic E-state index is 13.5. The highest BCUT2D eigenvalue weighted by molar-refractivity contribution is 5.96. The van der Waals surface area contributed by atoms with Gasteiger partial charge >= 0.3 is 0 Å². The Morgan fingerprint density at radius 2 is 1.93 bits per heavy atom. The average molecular weight is 409 g/mol. The zero-order chi connectivity index (χ0) is 21.3. The fourth-order valence-corrected chi connectivity index (χ4v) is 3.70. The molecule has 1 aromatic heterocycles. The number of aryl methyl sites for hydroxylation is 2. The first-order valence-corrected chi connectivity index (χ1v) is 9.63. The zero-order valence-electron chi connectivity index (χ0n) is 16.7. The summed E-state index contributed by atoms with van der Waals surface area (Å²) < 4.78 is 32.7. The van der Waals surface area contributed by atoms with Gasteiger partial charge in [0.1, 0.15) is 5.82 Å². The van der Waals surface area contributed by atoms with Gasteiger partial charge in [-0.25, -0.2) is 18.7 Å². The molecule has 0 radical (unpaired) electrons. The number of ether oxygens (including phenoxy) is 1. The van der Waals surface area contributed by atoms with Crippen molar-refractivity contribution in [1.29, 1.82) is 0 Å². The van der Waals surface area contributed by atoms with Crippen LogP contribution in [0.2, 0.25) is 0 Å². The summed E-state index contributed by atoms with van der Waals surface area (Å²) in [6.45, 7) is 3.93. The van der Waals surface area contributed by atoms with Crippen LogP contribution >= 0.6 is 0 Å². The molecule has 1 N–H and O–H groups in total. The SMILES string of the molecule is Cc1ncc(OC[C@@]2(c3ccccc3)C[C@H]2C(=O)Nc2ccc(F)c(F)c2)c(C)n1. The Kier molecular flexibility index (Phi) is 5.20. The summed E-state index contributed by atoms with van der Waals surface area (Å²) in [7, 11) is 0. The fourth-order valence-electron chi connectivity index (χ4n) is 3.70. The third kappa shape index (κ3) is 3.87. The molecule has 2 atom stereocenters. The van der Waals surface area contributed by atoms with Gasteiger partial charge in [-0.1, -0.05) is 30.3 Å². The van der Waals surface area contributed by atoms with Crippen LogP contribution in [0.1, 0.15) is 23.5 Å². The van der Waals surface area contributed by atoms with Crippen LogP contribution in [-0.2, 0) is 10.2 Å². The summed E-state index contributed by atoms with van der Waals surface area (Å²) in [6.07, 6.45) is 2.22. The number of carbonyl (C=O) groups is 1. The standard InChI is InChI=1S/C23H21F2N3O2/c1-14-21(12-26-15(2)27-14)30-13-23(16-6-4-3-5-7-16)11-18(23)22(29)28-17-8-9-19(24)20(25)10-17/h3-10,12,18H,11,13H2,1-2H3,(H,28,29)/t18-,23+/m0/s1. The fraction of sp³-hybridized carbons (Fsp3) is 0.261. The van der Waals surface area contributed by atoms with Gasteiger partial charge < -0.3 is 10.1 Å². The minimum Gasteiger partial charge on any atom is -0.489 e. The molecule has 1 aliphatic carbocycles. The summed E-state index contributed by atoms with van der Waals surface area (Å²) in [6, 6.07) is 13.0. The molecule has 0 saturated heterocycles. The summed E-state index contributed by atoms with van der Waals surface area (Å²) in [5.41, 5.74) is 1.42. The van der Waals surface area contributed by atoms with Crippen LogP contribution < -0.4 is 10.1 Å². The Balaban J connectivity index is 1.54. The topological polar surface area (TPSA) is 64.1 Å². The van der Waals surface area contributed by atoms with Crippen molar-refractivity contribution in [2.45, 2.75) is 25.7 Å². The van der Waals surface area contributed by atoms with Crippen molar-refractivity contribution in [1.82, 2.24) is 9.97 Å². The molecule has 30 heavy (non-hydrogen) atoms. The molecule has 0 unspecified atom stereocenters. The number of nitrogens with one attached hydrogen (secondary N) is 1. The van der Waals surface area contributed by atoms with Gasteiger partial charge in [0.15, 0.2) is 17.4 Å². The van der Waals surface area contributed by atoms with E-state index in [0.29, 0.717) is 18.0 Å². The summed E-state index contributed by atoms with van der Waals surface area (Å²) >= 11 is 0. The zero-order valence-corrected chi connectivity index (χ0v) is 16.7. The van der Waals surface area contributed by atoms with Gasteiger partial charge in [-0.15, -0.1) is 0 Å². The van der Waals surface area contributed by atoms with Crippen molar-refractivity contribution < 1.29 is 18.3 Å². The number of halogens is 2. The van der Waals surface area contributed by atoms with Crippen LogP contribution in [0.25, 0.3) is 0 Å².